The number of aromatic amines is 1. The first-order valence-corrected chi connectivity index (χ1v) is 7.85. The van der Waals surface area contributed by atoms with E-state index in [2.05, 4.69) is 35.1 Å². The molecule has 0 radical (unpaired) electrons. The van der Waals surface area contributed by atoms with Gasteiger partial charge in [-0.15, -0.1) is 0 Å². The molecule has 0 aromatic carbocycles. The molecule has 0 amide bonds. The largest absolute Gasteiger partial charge is 0.348 e. The van der Waals surface area contributed by atoms with Crippen molar-refractivity contribution in [2.24, 2.45) is 0 Å². The van der Waals surface area contributed by atoms with Crippen LogP contribution in [0.15, 0.2) is 30.9 Å². The molecule has 7 nitrogen and oxygen atoms in total. The number of H-pyrrole nitrogens is 1. The lowest BCUT2D eigenvalue weighted by Gasteiger charge is -2.34. The molecule has 1 fully saturated rings. The van der Waals surface area contributed by atoms with E-state index in [9.17, 15) is 0 Å². The standard InChI is InChI=1S/C15H23N7/c1-4-19-15(20-5-1)22-11-9-21(10-12-22)8-2-3-16-13-14-17-6-7-18-14/h1,4-7,16H,2-3,8-13H2,(H,17,18). The normalized spacial score (nSPS) is 16.1. The maximum Gasteiger partial charge on any atom is 0.225 e. The molecule has 0 unspecified atom stereocenters. The number of hydrogen-bond acceptors (Lipinski definition) is 6. The quantitative estimate of drug-likeness (QED) is 0.726. The molecule has 1 saturated heterocycles. The molecular weight excluding hydrogens is 278 g/mol. The SMILES string of the molecule is c1cnc(N2CCN(CCCNCc3ncc[nH]3)CC2)nc1. The van der Waals surface area contributed by atoms with Crippen molar-refractivity contribution in [1.82, 2.24) is 30.2 Å². The molecule has 0 aliphatic carbocycles. The second kappa shape index (κ2) is 7.86. The van der Waals surface area contributed by atoms with Crippen LogP contribution >= 0.6 is 0 Å². The summed E-state index contributed by atoms with van der Waals surface area (Å²) in [6.45, 7) is 7.13. The van der Waals surface area contributed by atoms with Gasteiger partial charge in [-0.2, -0.15) is 0 Å². The van der Waals surface area contributed by atoms with E-state index in [1.54, 1.807) is 18.6 Å². The average Bonchev–Trinajstić information content (AvgIpc) is 3.09. The predicted molar refractivity (Wildman–Crippen MR) is 85.6 cm³/mol. The minimum Gasteiger partial charge on any atom is -0.348 e. The lowest BCUT2D eigenvalue weighted by molar-refractivity contribution is 0.252. The van der Waals surface area contributed by atoms with E-state index in [1.807, 2.05) is 12.3 Å². The van der Waals surface area contributed by atoms with E-state index in [1.165, 1.54) is 0 Å². The highest BCUT2D eigenvalue weighted by atomic mass is 15.3. The van der Waals surface area contributed by atoms with E-state index >= 15 is 0 Å². The molecule has 3 heterocycles. The Labute approximate surface area is 130 Å². The summed E-state index contributed by atoms with van der Waals surface area (Å²) in [6.07, 6.45) is 8.40. The van der Waals surface area contributed by atoms with Gasteiger partial charge in [-0.25, -0.2) is 15.0 Å². The van der Waals surface area contributed by atoms with Gasteiger partial charge < -0.3 is 15.2 Å². The molecule has 2 aromatic heterocycles. The van der Waals surface area contributed by atoms with Crippen molar-refractivity contribution in [2.75, 3.05) is 44.2 Å². The van der Waals surface area contributed by atoms with Gasteiger partial charge in [0.15, 0.2) is 0 Å². The third kappa shape index (κ3) is 4.25. The van der Waals surface area contributed by atoms with Crippen molar-refractivity contribution < 1.29 is 0 Å². The highest BCUT2D eigenvalue weighted by molar-refractivity contribution is 5.29. The summed E-state index contributed by atoms with van der Waals surface area (Å²) in [7, 11) is 0. The number of hydrogen-bond donors (Lipinski definition) is 2. The molecule has 0 saturated carbocycles. The Morgan fingerprint density at radius 3 is 2.59 bits per heavy atom. The Kier molecular flexibility index (Phi) is 5.33. The van der Waals surface area contributed by atoms with Crippen LogP contribution in [0.25, 0.3) is 0 Å². The summed E-state index contributed by atoms with van der Waals surface area (Å²) >= 11 is 0. The number of imidazole rings is 1. The van der Waals surface area contributed by atoms with E-state index in [4.69, 9.17) is 0 Å². The molecule has 118 valence electrons. The minimum atomic E-state index is 0.812. The fourth-order valence-corrected chi connectivity index (χ4v) is 2.66. The molecular formula is C15H23N7. The van der Waals surface area contributed by atoms with Gasteiger partial charge in [-0.05, 0) is 25.6 Å². The van der Waals surface area contributed by atoms with Crippen LogP contribution in [0.3, 0.4) is 0 Å². The summed E-state index contributed by atoms with van der Waals surface area (Å²) in [4.78, 5) is 20.7. The first-order valence-electron chi connectivity index (χ1n) is 7.85. The zero-order valence-corrected chi connectivity index (χ0v) is 12.8. The number of anilines is 1. The molecule has 1 aliphatic rings. The van der Waals surface area contributed by atoms with Crippen molar-refractivity contribution in [1.29, 1.82) is 0 Å². The fraction of sp³-hybridized carbons (Fsp3) is 0.533. The molecule has 0 bridgehead atoms. The summed E-state index contributed by atoms with van der Waals surface area (Å²) in [5.74, 6) is 1.85. The highest BCUT2D eigenvalue weighted by Crippen LogP contribution is 2.09. The Morgan fingerprint density at radius 2 is 1.86 bits per heavy atom. The second-order valence-electron chi connectivity index (χ2n) is 5.44. The minimum absolute atomic E-state index is 0.812. The first-order chi connectivity index (χ1) is 10.9. The molecule has 22 heavy (non-hydrogen) atoms. The van der Waals surface area contributed by atoms with E-state index in [-0.39, 0.29) is 0 Å². The maximum absolute atomic E-state index is 4.32. The summed E-state index contributed by atoms with van der Waals surface area (Å²) in [5, 5.41) is 3.41. The number of rotatable bonds is 7. The maximum atomic E-state index is 4.32. The van der Waals surface area contributed by atoms with Gasteiger partial charge >= 0.3 is 0 Å². The fourth-order valence-electron chi connectivity index (χ4n) is 2.66. The van der Waals surface area contributed by atoms with Gasteiger partial charge in [-0.1, -0.05) is 0 Å². The van der Waals surface area contributed by atoms with Crippen LogP contribution in [-0.2, 0) is 6.54 Å². The van der Waals surface area contributed by atoms with E-state index < -0.39 is 0 Å². The monoisotopic (exact) mass is 301 g/mol. The Balaban J connectivity index is 1.29. The molecule has 0 atom stereocenters. The van der Waals surface area contributed by atoms with Crippen molar-refractivity contribution in [2.45, 2.75) is 13.0 Å². The Bertz CT molecular complexity index is 520. The lowest BCUT2D eigenvalue weighted by Crippen LogP contribution is -2.47. The third-order valence-electron chi connectivity index (χ3n) is 3.88. The molecule has 2 N–H and O–H groups in total. The van der Waals surface area contributed by atoms with Crippen molar-refractivity contribution in [3.63, 3.8) is 0 Å². The number of nitrogens with zero attached hydrogens (tertiary/aromatic N) is 5. The van der Waals surface area contributed by atoms with Crippen LogP contribution in [0, 0.1) is 0 Å². The van der Waals surface area contributed by atoms with Gasteiger partial charge in [0, 0.05) is 51.0 Å². The van der Waals surface area contributed by atoms with Crippen molar-refractivity contribution >= 4 is 5.95 Å². The van der Waals surface area contributed by atoms with Gasteiger partial charge in [0.2, 0.25) is 5.95 Å². The molecule has 1 aliphatic heterocycles. The summed E-state index contributed by atoms with van der Waals surface area (Å²) in [6, 6.07) is 1.86. The van der Waals surface area contributed by atoms with Crippen LogP contribution in [0.1, 0.15) is 12.2 Å². The summed E-state index contributed by atoms with van der Waals surface area (Å²) < 4.78 is 0. The number of aromatic nitrogens is 4. The Morgan fingerprint density at radius 1 is 1.05 bits per heavy atom. The third-order valence-corrected chi connectivity index (χ3v) is 3.88. The molecule has 2 aromatic rings. The smallest absolute Gasteiger partial charge is 0.225 e. The number of piperazine rings is 1. The zero-order chi connectivity index (χ0) is 15.0. The van der Waals surface area contributed by atoms with Crippen LogP contribution in [0.2, 0.25) is 0 Å². The second-order valence-corrected chi connectivity index (χ2v) is 5.44. The van der Waals surface area contributed by atoms with Gasteiger partial charge in [-0.3, -0.25) is 4.90 Å². The van der Waals surface area contributed by atoms with Crippen LogP contribution in [0.5, 0.6) is 0 Å². The molecule has 7 heteroatoms. The van der Waals surface area contributed by atoms with E-state index in [0.717, 1.165) is 64.0 Å². The first kappa shape index (κ1) is 14.9. The highest BCUT2D eigenvalue weighted by Gasteiger charge is 2.17. The van der Waals surface area contributed by atoms with Crippen LogP contribution in [0.4, 0.5) is 5.95 Å². The van der Waals surface area contributed by atoms with Crippen molar-refractivity contribution in [3.8, 4) is 0 Å². The predicted octanol–water partition coefficient (Wildman–Crippen LogP) is 0.502. The lowest BCUT2D eigenvalue weighted by atomic mass is 10.3. The van der Waals surface area contributed by atoms with Crippen LogP contribution in [-0.4, -0.2) is 64.1 Å². The molecule has 0 spiro atoms. The van der Waals surface area contributed by atoms with E-state index in [0.29, 0.717) is 0 Å². The van der Waals surface area contributed by atoms with Gasteiger partial charge in [0.25, 0.3) is 0 Å². The topological polar surface area (TPSA) is 73.0 Å². The Hall–Kier alpha value is -1.99. The summed E-state index contributed by atoms with van der Waals surface area (Å²) in [5.41, 5.74) is 0. The van der Waals surface area contributed by atoms with Crippen LogP contribution < -0.4 is 10.2 Å². The number of nitrogens with one attached hydrogen (secondary N) is 2. The molecule has 3 rings (SSSR count). The van der Waals surface area contributed by atoms with Gasteiger partial charge in [0.05, 0.1) is 6.54 Å². The average molecular weight is 301 g/mol. The van der Waals surface area contributed by atoms with Crippen molar-refractivity contribution in [3.05, 3.63) is 36.7 Å². The zero-order valence-electron chi connectivity index (χ0n) is 12.8. The van der Waals surface area contributed by atoms with Gasteiger partial charge in [0.1, 0.15) is 5.82 Å².